The molecule has 0 heterocycles. The van der Waals surface area contributed by atoms with Crippen LogP contribution in [0.25, 0.3) is 0 Å². The van der Waals surface area contributed by atoms with Crippen LogP contribution in [0.5, 0.6) is 0 Å². The van der Waals surface area contributed by atoms with Gasteiger partial charge in [-0.25, -0.2) is 0 Å². The van der Waals surface area contributed by atoms with E-state index in [1.165, 1.54) is 0 Å². The van der Waals surface area contributed by atoms with Crippen molar-refractivity contribution in [2.75, 3.05) is 33.2 Å². The minimum atomic E-state index is -2.17. The molecule has 0 unspecified atom stereocenters. The molecule has 0 spiro atoms. The van der Waals surface area contributed by atoms with Gasteiger partial charge >= 0.3 is 0 Å². The van der Waals surface area contributed by atoms with E-state index in [2.05, 4.69) is 42.1 Å². The standard InChI is InChI=1S/C10H24Cl3N3P/c1-6-15(7-2)17(14-5,10(11,12)13)16(8-3)9-4/h14H,6-9H2,1-5H3. The first-order chi connectivity index (χ1) is 7.85. The van der Waals surface area contributed by atoms with Gasteiger partial charge in [0.15, 0.2) is 0 Å². The zero-order valence-electron chi connectivity index (χ0n) is 11.3. The molecule has 7 heteroatoms. The Bertz CT molecular complexity index is 203. The molecule has 17 heavy (non-hydrogen) atoms. The smallest absolute Gasteiger partial charge is 0.243 e. The molecule has 0 aromatic heterocycles. The lowest BCUT2D eigenvalue weighted by Crippen LogP contribution is -2.47. The van der Waals surface area contributed by atoms with Crippen LogP contribution in [-0.2, 0) is 0 Å². The summed E-state index contributed by atoms with van der Waals surface area (Å²) in [6.07, 6.45) is 0. The maximum Gasteiger partial charge on any atom is 0.243 e. The van der Waals surface area contributed by atoms with Gasteiger partial charge in [-0.3, -0.25) is 14.4 Å². The fraction of sp³-hybridized carbons (Fsp3) is 1.00. The van der Waals surface area contributed by atoms with Gasteiger partial charge in [0.2, 0.25) is 3.53 Å². The van der Waals surface area contributed by atoms with Gasteiger partial charge < -0.3 is 0 Å². The number of hydrogen-bond acceptors (Lipinski definition) is 3. The largest absolute Gasteiger partial charge is 0.277 e. The summed E-state index contributed by atoms with van der Waals surface area (Å²) < 4.78 is 3.17. The number of halogens is 3. The number of alkyl halides is 3. The summed E-state index contributed by atoms with van der Waals surface area (Å²) >= 11 is 18.9. The number of rotatable bonds is 7. The molecular weight excluding hydrogens is 299 g/mol. The van der Waals surface area contributed by atoms with Crippen LogP contribution >= 0.6 is 42.5 Å². The van der Waals surface area contributed by atoms with Crippen molar-refractivity contribution < 1.29 is 0 Å². The Labute approximate surface area is 121 Å². The molecule has 3 nitrogen and oxygen atoms in total. The third-order valence-corrected chi connectivity index (χ3v) is 9.16. The third-order valence-electron chi connectivity index (χ3n) is 2.94. The van der Waals surface area contributed by atoms with Gasteiger partial charge in [-0.05, 0) is 7.05 Å². The minimum Gasteiger partial charge on any atom is -0.277 e. The Hall–Kier alpha value is 1.18. The van der Waals surface area contributed by atoms with Crippen LogP contribution in [-0.4, -0.2) is 46.1 Å². The van der Waals surface area contributed by atoms with E-state index < -0.39 is 11.2 Å². The third kappa shape index (κ3) is 3.60. The van der Waals surface area contributed by atoms with Gasteiger partial charge in [0, 0.05) is 26.2 Å². The first-order valence-corrected chi connectivity index (χ1v) is 8.84. The predicted octanol–water partition coefficient (Wildman–Crippen LogP) is 3.98. The highest BCUT2D eigenvalue weighted by Crippen LogP contribution is 2.74. The van der Waals surface area contributed by atoms with Gasteiger partial charge in [0.05, 0.1) is 0 Å². The van der Waals surface area contributed by atoms with Crippen molar-refractivity contribution in [1.82, 2.24) is 14.4 Å². The van der Waals surface area contributed by atoms with E-state index in [1.54, 1.807) is 0 Å². The van der Waals surface area contributed by atoms with E-state index in [0.717, 1.165) is 26.2 Å². The maximum atomic E-state index is 6.30. The molecule has 105 valence electrons. The molecule has 0 saturated heterocycles. The molecule has 0 bridgehead atoms. The minimum absolute atomic E-state index is 0.857. The maximum absolute atomic E-state index is 6.30. The molecule has 0 atom stereocenters. The molecule has 0 aromatic carbocycles. The van der Waals surface area contributed by atoms with Crippen molar-refractivity contribution in [1.29, 1.82) is 0 Å². The van der Waals surface area contributed by atoms with E-state index in [-0.39, 0.29) is 0 Å². The summed E-state index contributed by atoms with van der Waals surface area (Å²) in [7, 11) is -0.287. The van der Waals surface area contributed by atoms with E-state index in [1.807, 2.05) is 7.05 Å². The molecule has 0 rings (SSSR count). The number of nitrogens with one attached hydrogen (secondary N) is 1. The quantitative estimate of drug-likeness (QED) is 0.565. The van der Waals surface area contributed by atoms with Gasteiger partial charge in [-0.1, -0.05) is 62.5 Å². The Kier molecular flexibility index (Phi) is 8.23. The first kappa shape index (κ1) is 18.2. The van der Waals surface area contributed by atoms with Gasteiger partial charge in [-0.2, -0.15) is 0 Å². The Balaban J connectivity index is 5.58. The van der Waals surface area contributed by atoms with Crippen LogP contribution in [0.1, 0.15) is 27.7 Å². The fourth-order valence-corrected chi connectivity index (χ4v) is 8.32. The van der Waals surface area contributed by atoms with Crippen LogP contribution in [0.3, 0.4) is 0 Å². The topological polar surface area (TPSA) is 18.5 Å². The average molecular weight is 324 g/mol. The SMILES string of the molecule is CCN(CC)[P](NC)(N(CC)CC)C(Cl)(Cl)Cl. The number of nitrogens with zero attached hydrogens (tertiary/aromatic N) is 2. The fourth-order valence-electron chi connectivity index (χ4n) is 2.18. The second kappa shape index (κ2) is 7.69. The van der Waals surface area contributed by atoms with Gasteiger partial charge in [-0.15, -0.1) is 0 Å². The van der Waals surface area contributed by atoms with Crippen LogP contribution in [0, 0.1) is 0 Å². The second-order valence-corrected chi connectivity index (χ2v) is 10.1. The summed E-state index contributed by atoms with van der Waals surface area (Å²) in [6, 6.07) is 0. The van der Waals surface area contributed by atoms with E-state index in [9.17, 15) is 0 Å². The zero-order valence-corrected chi connectivity index (χ0v) is 14.5. The molecular formula is C10H24Cl3N3P. The lowest BCUT2D eigenvalue weighted by molar-refractivity contribution is 0.396. The normalized spacial score (nSPS) is 13.8. The molecule has 0 aliphatic carbocycles. The lowest BCUT2D eigenvalue weighted by Gasteiger charge is -2.54. The molecule has 1 N–H and O–H groups in total. The highest BCUT2D eigenvalue weighted by Gasteiger charge is 2.52. The molecule has 0 fully saturated rings. The molecule has 1 radical (unpaired) electrons. The van der Waals surface area contributed by atoms with Crippen LogP contribution < -0.4 is 5.09 Å². The van der Waals surface area contributed by atoms with E-state index >= 15 is 0 Å². The van der Waals surface area contributed by atoms with Crippen molar-refractivity contribution in [2.45, 2.75) is 31.2 Å². The predicted molar refractivity (Wildman–Crippen MR) is 82.1 cm³/mol. The molecule has 0 aromatic rings. The van der Waals surface area contributed by atoms with Crippen LogP contribution in [0.15, 0.2) is 0 Å². The van der Waals surface area contributed by atoms with Crippen molar-refractivity contribution in [3.05, 3.63) is 0 Å². The molecule has 0 amide bonds. The molecule has 0 aliphatic rings. The van der Waals surface area contributed by atoms with Crippen molar-refractivity contribution in [3.63, 3.8) is 0 Å². The Morgan fingerprint density at radius 2 is 1.18 bits per heavy atom. The van der Waals surface area contributed by atoms with Crippen LogP contribution in [0.2, 0.25) is 0 Å². The van der Waals surface area contributed by atoms with Crippen molar-refractivity contribution in [2.24, 2.45) is 0 Å². The highest BCUT2D eigenvalue weighted by atomic mass is 35.6. The highest BCUT2D eigenvalue weighted by molar-refractivity contribution is 7.76. The first-order valence-electron chi connectivity index (χ1n) is 6.01. The summed E-state index contributed by atoms with van der Waals surface area (Å²) in [5.74, 6) is 0. The number of hydrogen-bond donors (Lipinski definition) is 1. The van der Waals surface area contributed by atoms with E-state index in [4.69, 9.17) is 34.8 Å². The summed E-state index contributed by atoms with van der Waals surface area (Å²) in [4.78, 5) is 0. The summed E-state index contributed by atoms with van der Waals surface area (Å²) in [5.41, 5.74) is 0. The monoisotopic (exact) mass is 322 g/mol. The van der Waals surface area contributed by atoms with Gasteiger partial charge in [0.25, 0.3) is 0 Å². The average Bonchev–Trinajstić information content (AvgIpc) is 2.27. The second-order valence-electron chi connectivity index (χ2n) is 3.57. The van der Waals surface area contributed by atoms with Crippen molar-refractivity contribution >= 4 is 42.5 Å². The van der Waals surface area contributed by atoms with Gasteiger partial charge in [0.1, 0.15) is 7.71 Å². The summed E-state index contributed by atoms with van der Waals surface area (Å²) in [6.45, 7) is 11.8. The summed E-state index contributed by atoms with van der Waals surface area (Å²) in [5, 5.41) is 3.33. The molecule has 0 saturated carbocycles. The van der Waals surface area contributed by atoms with E-state index in [0.29, 0.717) is 0 Å². The molecule has 0 aliphatic heterocycles. The Morgan fingerprint density at radius 3 is 1.29 bits per heavy atom. The lowest BCUT2D eigenvalue weighted by atomic mass is 10.7. The zero-order chi connectivity index (χ0) is 13.7. The van der Waals surface area contributed by atoms with Crippen molar-refractivity contribution in [3.8, 4) is 0 Å². The Morgan fingerprint density at radius 1 is 0.882 bits per heavy atom. The van der Waals surface area contributed by atoms with Crippen LogP contribution in [0.4, 0.5) is 0 Å².